The Hall–Kier alpha value is -0.965. The number of piperidine rings is 2. The van der Waals surface area contributed by atoms with Crippen LogP contribution < -0.4 is 5.32 Å². The zero-order valence-electron chi connectivity index (χ0n) is 10.3. The Morgan fingerprint density at radius 1 is 1.41 bits per heavy atom. The SMILES string of the molecule is BC1=COC(C(=O)N2CC3CNCC(C3)C2)C1. The Balaban J connectivity index is 1.62. The molecule has 3 rings (SSSR count). The fourth-order valence-corrected chi connectivity index (χ4v) is 3.22. The molecule has 0 aromatic heterocycles. The molecule has 4 nitrogen and oxygen atoms in total. The molecule has 3 unspecified atom stereocenters. The van der Waals surface area contributed by atoms with Crippen LogP contribution in [0.3, 0.4) is 0 Å². The lowest BCUT2D eigenvalue weighted by atomic mass is 9.85. The predicted molar refractivity (Wildman–Crippen MR) is 67.2 cm³/mol. The molecule has 2 saturated heterocycles. The van der Waals surface area contributed by atoms with Crippen molar-refractivity contribution >= 4 is 13.8 Å². The highest BCUT2D eigenvalue weighted by Crippen LogP contribution is 2.26. The van der Waals surface area contributed by atoms with Crippen LogP contribution in [0.4, 0.5) is 0 Å². The van der Waals surface area contributed by atoms with Gasteiger partial charge in [0.1, 0.15) is 7.85 Å². The molecule has 1 amide bonds. The fourth-order valence-electron chi connectivity index (χ4n) is 3.22. The van der Waals surface area contributed by atoms with Gasteiger partial charge in [-0.3, -0.25) is 4.79 Å². The molecule has 2 fully saturated rings. The van der Waals surface area contributed by atoms with Crippen molar-refractivity contribution in [3.8, 4) is 0 Å². The van der Waals surface area contributed by atoms with Crippen molar-refractivity contribution in [3.05, 3.63) is 11.7 Å². The van der Waals surface area contributed by atoms with E-state index in [1.54, 1.807) is 6.26 Å². The van der Waals surface area contributed by atoms with E-state index in [4.69, 9.17) is 4.74 Å². The summed E-state index contributed by atoms with van der Waals surface area (Å²) in [5.41, 5.74) is 1.17. The second kappa shape index (κ2) is 4.37. The van der Waals surface area contributed by atoms with Gasteiger partial charge in [-0.05, 0) is 31.3 Å². The Morgan fingerprint density at radius 3 is 2.71 bits per heavy atom. The second-order valence-electron chi connectivity index (χ2n) is 5.66. The van der Waals surface area contributed by atoms with Crippen LogP contribution in [0.15, 0.2) is 11.7 Å². The molecule has 1 N–H and O–H groups in total. The van der Waals surface area contributed by atoms with Crippen LogP contribution >= 0.6 is 0 Å². The average molecular weight is 234 g/mol. The first-order valence-electron chi connectivity index (χ1n) is 6.53. The third kappa shape index (κ3) is 2.21. The minimum absolute atomic E-state index is 0.190. The van der Waals surface area contributed by atoms with Crippen molar-refractivity contribution in [1.29, 1.82) is 0 Å². The van der Waals surface area contributed by atoms with Crippen molar-refractivity contribution in [2.75, 3.05) is 26.2 Å². The molecule has 0 aromatic carbocycles. The van der Waals surface area contributed by atoms with Crippen LogP contribution in [-0.2, 0) is 9.53 Å². The first-order valence-corrected chi connectivity index (χ1v) is 6.53. The zero-order valence-corrected chi connectivity index (χ0v) is 10.3. The van der Waals surface area contributed by atoms with Gasteiger partial charge in [0.25, 0.3) is 5.91 Å². The topological polar surface area (TPSA) is 41.6 Å². The number of nitrogens with zero attached hydrogens (tertiary/aromatic N) is 1. The third-order valence-corrected chi connectivity index (χ3v) is 4.02. The highest BCUT2D eigenvalue weighted by molar-refractivity contribution is 6.22. The molecule has 2 bridgehead atoms. The number of hydrogen-bond donors (Lipinski definition) is 1. The Bertz CT molecular complexity index is 346. The second-order valence-corrected chi connectivity index (χ2v) is 5.66. The van der Waals surface area contributed by atoms with Crippen molar-refractivity contribution < 1.29 is 9.53 Å². The summed E-state index contributed by atoms with van der Waals surface area (Å²) in [6, 6.07) is 0. The molecule has 3 aliphatic heterocycles. The van der Waals surface area contributed by atoms with Crippen LogP contribution in [0.2, 0.25) is 0 Å². The minimum Gasteiger partial charge on any atom is -0.489 e. The number of fused-ring (bicyclic) bond motifs is 2. The molecule has 0 aliphatic carbocycles. The van der Waals surface area contributed by atoms with Crippen molar-refractivity contribution in [1.82, 2.24) is 10.2 Å². The lowest BCUT2D eigenvalue weighted by Gasteiger charge is -2.42. The summed E-state index contributed by atoms with van der Waals surface area (Å²) < 4.78 is 5.43. The maximum atomic E-state index is 12.3. The van der Waals surface area contributed by atoms with E-state index < -0.39 is 0 Å². The Morgan fingerprint density at radius 2 is 2.12 bits per heavy atom. The minimum atomic E-state index is -0.248. The molecule has 3 heterocycles. The van der Waals surface area contributed by atoms with E-state index in [1.165, 1.54) is 11.9 Å². The van der Waals surface area contributed by atoms with E-state index >= 15 is 0 Å². The van der Waals surface area contributed by atoms with Gasteiger partial charge >= 0.3 is 0 Å². The van der Waals surface area contributed by atoms with Gasteiger partial charge in [0.15, 0.2) is 6.10 Å². The summed E-state index contributed by atoms with van der Waals surface area (Å²) in [5, 5.41) is 3.44. The van der Waals surface area contributed by atoms with Gasteiger partial charge in [-0.1, -0.05) is 5.47 Å². The average Bonchev–Trinajstić information content (AvgIpc) is 2.74. The summed E-state index contributed by atoms with van der Waals surface area (Å²) in [4.78, 5) is 14.3. The van der Waals surface area contributed by atoms with Crippen molar-refractivity contribution in [2.24, 2.45) is 11.8 Å². The fraction of sp³-hybridized carbons (Fsp3) is 0.750. The molecule has 0 radical (unpaired) electrons. The first-order chi connectivity index (χ1) is 8.22. The molecule has 3 aliphatic rings. The zero-order chi connectivity index (χ0) is 11.8. The van der Waals surface area contributed by atoms with Gasteiger partial charge in [-0.25, -0.2) is 0 Å². The Kier molecular flexibility index (Phi) is 2.86. The number of carbonyl (C=O) groups is 1. The lowest BCUT2D eigenvalue weighted by molar-refractivity contribution is -0.143. The van der Waals surface area contributed by atoms with Crippen LogP contribution in [0.5, 0.6) is 0 Å². The number of rotatable bonds is 1. The third-order valence-electron chi connectivity index (χ3n) is 4.02. The highest BCUT2D eigenvalue weighted by Gasteiger charge is 2.36. The summed E-state index contributed by atoms with van der Waals surface area (Å²) in [6.45, 7) is 3.93. The van der Waals surface area contributed by atoms with Gasteiger partial charge in [0, 0.05) is 19.5 Å². The summed E-state index contributed by atoms with van der Waals surface area (Å²) in [7, 11) is 2.02. The van der Waals surface area contributed by atoms with Gasteiger partial charge in [0.2, 0.25) is 0 Å². The van der Waals surface area contributed by atoms with Crippen LogP contribution in [0.1, 0.15) is 12.8 Å². The number of ether oxygens (including phenoxy) is 1. The van der Waals surface area contributed by atoms with E-state index in [-0.39, 0.29) is 12.0 Å². The van der Waals surface area contributed by atoms with Crippen LogP contribution in [0, 0.1) is 11.8 Å². The molecular formula is C12H19BN2O2. The summed E-state index contributed by atoms with van der Waals surface area (Å²) >= 11 is 0. The number of carbonyl (C=O) groups excluding carboxylic acids is 1. The standard InChI is InChI=1S/C12H19BN2O2/c13-10-2-11(17-7-10)12(16)15-5-8-1-9(6-15)4-14-3-8/h7-9,11,14H,1-6,13H2. The van der Waals surface area contributed by atoms with Gasteiger partial charge in [0.05, 0.1) is 6.26 Å². The molecule has 0 saturated carbocycles. The normalized spacial score (nSPS) is 36.4. The van der Waals surface area contributed by atoms with Crippen molar-refractivity contribution in [2.45, 2.75) is 18.9 Å². The van der Waals surface area contributed by atoms with E-state index in [1.807, 2.05) is 12.7 Å². The molecule has 92 valence electrons. The van der Waals surface area contributed by atoms with E-state index in [0.29, 0.717) is 11.8 Å². The molecule has 0 spiro atoms. The van der Waals surface area contributed by atoms with Gasteiger partial charge < -0.3 is 15.0 Å². The molecule has 3 atom stereocenters. The van der Waals surface area contributed by atoms with Crippen LogP contribution in [0.25, 0.3) is 0 Å². The molecule has 17 heavy (non-hydrogen) atoms. The summed E-state index contributed by atoms with van der Waals surface area (Å²) in [6.07, 6.45) is 3.53. The van der Waals surface area contributed by atoms with Crippen molar-refractivity contribution in [3.63, 3.8) is 0 Å². The maximum absolute atomic E-state index is 12.3. The number of amides is 1. The molecular weight excluding hydrogens is 215 g/mol. The molecule has 0 aromatic rings. The maximum Gasteiger partial charge on any atom is 0.263 e. The number of hydrogen-bond acceptors (Lipinski definition) is 3. The van der Waals surface area contributed by atoms with E-state index in [9.17, 15) is 4.79 Å². The van der Waals surface area contributed by atoms with E-state index in [0.717, 1.165) is 32.6 Å². The van der Waals surface area contributed by atoms with E-state index in [2.05, 4.69) is 5.32 Å². The highest BCUT2D eigenvalue weighted by atomic mass is 16.5. The smallest absolute Gasteiger partial charge is 0.263 e. The van der Waals surface area contributed by atoms with Crippen LogP contribution in [-0.4, -0.2) is 50.9 Å². The first kappa shape index (κ1) is 11.1. The number of likely N-dealkylation sites (tertiary alicyclic amines) is 1. The predicted octanol–water partition coefficient (Wildman–Crippen LogP) is -0.682. The quantitative estimate of drug-likeness (QED) is 0.611. The largest absolute Gasteiger partial charge is 0.489 e. The lowest BCUT2D eigenvalue weighted by Crippen LogP contribution is -2.54. The summed E-state index contributed by atoms with van der Waals surface area (Å²) in [5.74, 6) is 1.47. The monoisotopic (exact) mass is 234 g/mol. The molecule has 5 heteroatoms. The Labute approximate surface area is 103 Å². The van der Waals surface area contributed by atoms with Gasteiger partial charge in [-0.2, -0.15) is 0 Å². The number of nitrogens with one attached hydrogen (secondary N) is 1. The van der Waals surface area contributed by atoms with Gasteiger partial charge in [-0.15, -0.1) is 0 Å².